The number of hydrogen-bond acceptors (Lipinski definition) is 3. The monoisotopic (exact) mass is 314 g/mol. The Morgan fingerprint density at radius 1 is 1.25 bits per heavy atom. The van der Waals surface area contributed by atoms with Crippen molar-refractivity contribution >= 4 is 21.5 Å². The van der Waals surface area contributed by atoms with Crippen LogP contribution in [0.5, 0.6) is 0 Å². The van der Waals surface area contributed by atoms with Crippen LogP contribution in [0.25, 0.3) is 0 Å². The third-order valence-electron chi connectivity index (χ3n) is 4.37. The highest BCUT2D eigenvalue weighted by atomic mass is 32.2. The van der Waals surface area contributed by atoms with Gasteiger partial charge in [0, 0.05) is 24.5 Å². The van der Waals surface area contributed by atoms with Gasteiger partial charge in [-0.25, -0.2) is 0 Å². The Morgan fingerprint density at radius 3 is 2.70 bits per heavy atom. The van der Waals surface area contributed by atoms with E-state index in [0.29, 0.717) is 19.6 Å². The molecule has 0 spiro atoms. The molecule has 3 heterocycles. The summed E-state index contributed by atoms with van der Waals surface area (Å²) in [6.45, 7) is 4.08. The number of rotatable bonds is 3. The fourth-order valence-corrected chi connectivity index (χ4v) is 6.17. The van der Waals surface area contributed by atoms with Crippen LogP contribution in [0.2, 0.25) is 0 Å². The van der Waals surface area contributed by atoms with Gasteiger partial charge in [0.1, 0.15) is 0 Å². The van der Waals surface area contributed by atoms with Crippen LogP contribution in [0.4, 0.5) is 0 Å². The second kappa shape index (κ2) is 5.75. The lowest BCUT2D eigenvalue weighted by Crippen LogP contribution is -2.49. The molecule has 1 aromatic heterocycles. The lowest BCUT2D eigenvalue weighted by molar-refractivity contribution is 0.255. The maximum Gasteiger partial charge on any atom is 0.282 e. The van der Waals surface area contributed by atoms with Gasteiger partial charge in [-0.05, 0) is 42.7 Å². The van der Waals surface area contributed by atoms with E-state index < -0.39 is 10.2 Å². The van der Waals surface area contributed by atoms with E-state index in [1.54, 1.807) is 19.9 Å². The van der Waals surface area contributed by atoms with Crippen LogP contribution < -0.4 is 0 Å². The van der Waals surface area contributed by atoms with Crippen molar-refractivity contribution in [3.8, 4) is 0 Å². The van der Waals surface area contributed by atoms with Gasteiger partial charge in [0.15, 0.2) is 0 Å². The maximum atomic E-state index is 12.9. The first-order valence-corrected chi connectivity index (χ1v) is 9.75. The van der Waals surface area contributed by atoms with Crippen molar-refractivity contribution < 1.29 is 8.42 Å². The minimum absolute atomic E-state index is 0.0249. The van der Waals surface area contributed by atoms with Crippen molar-refractivity contribution in [3.05, 3.63) is 21.9 Å². The van der Waals surface area contributed by atoms with Crippen molar-refractivity contribution in [2.24, 2.45) is 0 Å². The normalized spacial score (nSPS) is 25.6. The SMILES string of the molecule is CCC1c2ccsc2CCN1S(=O)(=O)N1CCCCC1. The summed E-state index contributed by atoms with van der Waals surface area (Å²) in [5.41, 5.74) is 1.23. The molecule has 1 saturated heterocycles. The average molecular weight is 314 g/mol. The number of nitrogens with zero attached hydrogens (tertiary/aromatic N) is 2. The molecule has 0 N–H and O–H groups in total. The van der Waals surface area contributed by atoms with E-state index >= 15 is 0 Å². The molecular weight excluding hydrogens is 292 g/mol. The van der Waals surface area contributed by atoms with Crippen LogP contribution in [0.3, 0.4) is 0 Å². The highest BCUT2D eigenvalue weighted by Crippen LogP contribution is 2.37. The molecule has 2 aliphatic heterocycles. The van der Waals surface area contributed by atoms with E-state index in [1.807, 2.05) is 0 Å². The Hall–Kier alpha value is -0.430. The molecule has 4 nitrogen and oxygen atoms in total. The first-order chi connectivity index (χ1) is 9.64. The molecule has 1 aromatic rings. The fraction of sp³-hybridized carbons (Fsp3) is 0.714. The Morgan fingerprint density at radius 2 is 2.00 bits per heavy atom. The van der Waals surface area contributed by atoms with Gasteiger partial charge < -0.3 is 0 Å². The standard InChI is InChI=1S/C14H22N2O2S2/c1-2-13-12-7-11-19-14(12)6-10-16(13)20(17,18)15-8-4-3-5-9-15/h7,11,13H,2-6,8-10H2,1H3. The van der Waals surface area contributed by atoms with E-state index in [2.05, 4.69) is 18.4 Å². The summed E-state index contributed by atoms with van der Waals surface area (Å²) >= 11 is 1.76. The molecule has 0 aromatic carbocycles. The van der Waals surface area contributed by atoms with Gasteiger partial charge >= 0.3 is 0 Å². The summed E-state index contributed by atoms with van der Waals surface area (Å²) in [6.07, 6.45) is 4.84. The van der Waals surface area contributed by atoms with Crippen molar-refractivity contribution in [1.29, 1.82) is 0 Å². The van der Waals surface area contributed by atoms with Crippen molar-refractivity contribution in [2.75, 3.05) is 19.6 Å². The smallest absolute Gasteiger partial charge is 0.195 e. The van der Waals surface area contributed by atoms with E-state index in [-0.39, 0.29) is 6.04 Å². The number of thiophene rings is 1. The molecule has 1 atom stereocenters. The average Bonchev–Trinajstić information content (AvgIpc) is 2.95. The molecule has 0 saturated carbocycles. The molecule has 0 amide bonds. The lowest BCUT2D eigenvalue weighted by Gasteiger charge is -2.38. The minimum atomic E-state index is -3.30. The Kier molecular flexibility index (Phi) is 4.17. The van der Waals surface area contributed by atoms with Crippen molar-refractivity contribution in [3.63, 3.8) is 0 Å². The molecule has 1 unspecified atom stereocenters. The van der Waals surface area contributed by atoms with Crippen molar-refractivity contribution in [1.82, 2.24) is 8.61 Å². The fourth-order valence-electron chi connectivity index (χ4n) is 3.32. The molecule has 0 aliphatic carbocycles. The Bertz CT molecular complexity index is 561. The van der Waals surface area contributed by atoms with Gasteiger partial charge in [-0.15, -0.1) is 11.3 Å². The molecular formula is C14H22N2O2S2. The van der Waals surface area contributed by atoms with E-state index in [9.17, 15) is 8.42 Å². The van der Waals surface area contributed by atoms with Crippen molar-refractivity contribution in [2.45, 2.75) is 45.1 Å². The van der Waals surface area contributed by atoms with Crippen LogP contribution >= 0.6 is 11.3 Å². The zero-order valence-electron chi connectivity index (χ0n) is 11.9. The third kappa shape index (κ3) is 2.43. The zero-order valence-corrected chi connectivity index (χ0v) is 13.5. The lowest BCUT2D eigenvalue weighted by atomic mass is 10.0. The summed E-state index contributed by atoms with van der Waals surface area (Å²) < 4.78 is 29.2. The van der Waals surface area contributed by atoms with E-state index in [0.717, 1.165) is 32.1 Å². The number of fused-ring (bicyclic) bond motifs is 1. The van der Waals surface area contributed by atoms with Crippen LogP contribution in [-0.2, 0) is 16.6 Å². The van der Waals surface area contributed by atoms with Gasteiger partial charge in [-0.1, -0.05) is 13.3 Å². The maximum absolute atomic E-state index is 12.9. The second-order valence-electron chi connectivity index (χ2n) is 5.55. The Labute approximate surface area is 125 Å². The zero-order chi connectivity index (χ0) is 14.2. The van der Waals surface area contributed by atoms with Gasteiger partial charge in [0.05, 0.1) is 6.04 Å². The van der Waals surface area contributed by atoms with E-state index in [1.165, 1.54) is 10.4 Å². The van der Waals surface area contributed by atoms with Crippen LogP contribution in [-0.4, -0.2) is 36.7 Å². The first kappa shape index (κ1) is 14.5. The minimum Gasteiger partial charge on any atom is -0.195 e. The van der Waals surface area contributed by atoms with Crippen LogP contribution in [0, 0.1) is 0 Å². The Balaban J connectivity index is 1.89. The largest absolute Gasteiger partial charge is 0.282 e. The molecule has 0 radical (unpaired) electrons. The predicted molar refractivity (Wildman–Crippen MR) is 82.1 cm³/mol. The first-order valence-electron chi connectivity index (χ1n) is 7.47. The summed E-state index contributed by atoms with van der Waals surface area (Å²) in [6, 6.07) is 2.13. The van der Waals surface area contributed by atoms with Crippen LogP contribution in [0.15, 0.2) is 11.4 Å². The quantitative estimate of drug-likeness (QED) is 0.861. The highest BCUT2D eigenvalue weighted by molar-refractivity contribution is 7.86. The molecule has 6 heteroatoms. The van der Waals surface area contributed by atoms with Gasteiger partial charge in [-0.3, -0.25) is 0 Å². The molecule has 2 aliphatic rings. The molecule has 1 fully saturated rings. The second-order valence-corrected chi connectivity index (χ2v) is 8.43. The predicted octanol–water partition coefficient (Wildman–Crippen LogP) is 2.79. The number of hydrogen-bond donors (Lipinski definition) is 0. The molecule has 112 valence electrons. The summed E-state index contributed by atoms with van der Waals surface area (Å²) in [5.74, 6) is 0. The third-order valence-corrected chi connectivity index (χ3v) is 7.41. The topological polar surface area (TPSA) is 40.6 Å². The summed E-state index contributed by atoms with van der Waals surface area (Å²) in [5, 5.41) is 2.09. The highest BCUT2D eigenvalue weighted by Gasteiger charge is 2.38. The van der Waals surface area contributed by atoms with Gasteiger partial charge in [0.25, 0.3) is 10.2 Å². The number of piperidine rings is 1. The van der Waals surface area contributed by atoms with E-state index in [4.69, 9.17) is 0 Å². The van der Waals surface area contributed by atoms with Gasteiger partial charge in [0.2, 0.25) is 0 Å². The molecule has 0 bridgehead atoms. The van der Waals surface area contributed by atoms with Crippen LogP contribution in [0.1, 0.15) is 49.1 Å². The molecule has 3 rings (SSSR count). The summed E-state index contributed by atoms with van der Waals surface area (Å²) in [4.78, 5) is 1.36. The molecule has 20 heavy (non-hydrogen) atoms. The van der Waals surface area contributed by atoms with Gasteiger partial charge in [-0.2, -0.15) is 17.0 Å². The summed E-state index contributed by atoms with van der Waals surface area (Å²) in [7, 11) is -3.30.